The Morgan fingerprint density at radius 3 is 2.83 bits per heavy atom. The van der Waals surface area contributed by atoms with E-state index in [2.05, 4.69) is 26.5 Å². The molecule has 0 aromatic heterocycles. The first-order chi connectivity index (χ1) is 5.86. The van der Waals surface area contributed by atoms with Crippen molar-refractivity contribution in [2.24, 2.45) is 5.10 Å². The van der Waals surface area contributed by atoms with Crippen LogP contribution < -0.4 is 5.43 Å². The summed E-state index contributed by atoms with van der Waals surface area (Å²) in [7, 11) is 0. The molecule has 0 amide bonds. The highest BCUT2D eigenvalue weighted by molar-refractivity contribution is 9.10. The second kappa shape index (κ2) is 3.11. The van der Waals surface area contributed by atoms with Gasteiger partial charge in [0.05, 0.1) is 12.4 Å². The first kappa shape index (κ1) is 7.55. The molecule has 0 atom stereocenters. The molecule has 3 heteroatoms. The van der Waals surface area contributed by atoms with Gasteiger partial charge in [0.2, 0.25) is 0 Å². The van der Waals surface area contributed by atoms with E-state index in [4.69, 9.17) is 0 Å². The van der Waals surface area contributed by atoms with Crippen LogP contribution in [0.25, 0.3) is 5.57 Å². The lowest BCUT2D eigenvalue weighted by Crippen LogP contribution is -1.81. The predicted molar refractivity (Wildman–Crippen MR) is 52.7 cm³/mol. The summed E-state index contributed by atoms with van der Waals surface area (Å²) in [5, 5.41) is 3.76. The zero-order valence-electron chi connectivity index (χ0n) is 6.24. The number of nitrogens with zero attached hydrogens (tertiary/aromatic N) is 2. The van der Waals surface area contributed by atoms with Gasteiger partial charge in [0.15, 0.2) is 0 Å². The van der Waals surface area contributed by atoms with E-state index < -0.39 is 0 Å². The highest BCUT2D eigenvalue weighted by atomic mass is 79.9. The maximum Gasteiger partial charge on any atom is 0.0590 e. The number of halogens is 1. The van der Waals surface area contributed by atoms with Crippen LogP contribution in [0, 0.1) is 0 Å². The van der Waals surface area contributed by atoms with Crippen molar-refractivity contribution in [1.29, 1.82) is 0 Å². The summed E-state index contributed by atoms with van der Waals surface area (Å²) in [6.45, 7) is 0. The van der Waals surface area contributed by atoms with Crippen molar-refractivity contribution in [3.8, 4) is 0 Å². The molecule has 0 unspecified atom stereocenters. The Labute approximate surface area is 79.1 Å². The normalized spacial score (nSPS) is 14.2. The molecule has 1 aliphatic heterocycles. The molecule has 1 radical (unpaired) electrons. The van der Waals surface area contributed by atoms with Gasteiger partial charge in [-0.1, -0.05) is 28.1 Å². The average molecular weight is 222 g/mol. The Balaban J connectivity index is 2.40. The number of benzene rings is 1. The van der Waals surface area contributed by atoms with Crippen LogP contribution in [0.2, 0.25) is 0 Å². The van der Waals surface area contributed by atoms with Gasteiger partial charge in [0.1, 0.15) is 0 Å². The van der Waals surface area contributed by atoms with Crippen molar-refractivity contribution in [3.05, 3.63) is 40.5 Å². The molecule has 0 fully saturated rings. The first-order valence-electron chi connectivity index (χ1n) is 3.55. The van der Waals surface area contributed by atoms with E-state index in [9.17, 15) is 0 Å². The minimum absolute atomic E-state index is 1.05. The maximum atomic E-state index is 3.76. The molecule has 0 saturated carbocycles. The highest BCUT2D eigenvalue weighted by Gasteiger charge is 2.02. The highest BCUT2D eigenvalue weighted by Crippen LogP contribution is 2.18. The number of allylic oxidation sites excluding steroid dienone is 1. The summed E-state index contributed by atoms with van der Waals surface area (Å²) in [4.78, 5) is 0. The molecule has 0 N–H and O–H groups in total. The van der Waals surface area contributed by atoms with Crippen molar-refractivity contribution >= 4 is 27.7 Å². The standard InChI is InChI=1S/C9H6BrN2/c10-9-3-1-2-7(4-9)8-5-11-12-6-8/h1-6H. The quantitative estimate of drug-likeness (QED) is 0.697. The van der Waals surface area contributed by atoms with Crippen molar-refractivity contribution in [1.82, 2.24) is 5.43 Å². The fourth-order valence-corrected chi connectivity index (χ4v) is 1.44. The van der Waals surface area contributed by atoms with Crippen molar-refractivity contribution in [2.45, 2.75) is 0 Å². The van der Waals surface area contributed by atoms with Crippen LogP contribution in [0.1, 0.15) is 5.56 Å². The van der Waals surface area contributed by atoms with Gasteiger partial charge >= 0.3 is 0 Å². The molecule has 1 aliphatic rings. The molecule has 2 nitrogen and oxygen atoms in total. The van der Waals surface area contributed by atoms with Crippen LogP contribution in [0.5, 0.6) is 0 Å². The summed E-state index contributed by atoms with van der Waals surface area (Å²) < 4.78 is 1.07. The van der Waals surface area contributed by atoms with Crippen LogP contribution in [-0.2, 0) is 0 Å². The Morgan fingerprint density at radius 1 is 1.25 bits per heavy atom. The molecule has 1 aromatic rings. The summed E-state index contributed by atoms with van der Waals surface area (Å²) >= 11 is 3.41. The van der Waals surface area contributed by atoms with Crippen molar-refractivity contribution < 1.29 is 0 Å². The predicted octanol–water partition coefficient (Wildman–Crippen LogP) is 2.39. The lowest BCUT2D eigenvalue weighted by molar-refractivity contribution is 0.977. The monoisotopic (exact) mass is 221 g/mol. The van der Waals surface area contributed by atoms with E-state index in [-0.39, 0.29) is 0 Å². The smallest absolute Gasteiger partial charge is 0.0590 e. The molecule has 0 saturated heterocycles. The third kappa shape index (κ3) is 1.41. The number of rotatable bonds is 1. The minimum Gasteiger partial charge on any atom is -0.158 e. The van der Waals surface area contributed by atoms with Gasteiger partial charge in [-0.15, -0.1) is 0 Å². The third-order valence-electron chi connectivity index (χ3n) is 1.62. The number of hydrogen-bond donors (Lipinski definition) is 0. The van der Waals surface area contributed by atoms with Gasteiger partial charge in [-0.05, 0) is 17.7 Å². The van der Waals surface area contributed by atoms with Crippen molar-refractivity contribution in [3.63, 3.8) is 0 Å². The average Bonchev–Trinajstić information content (AvgIpc) is 2.56. The van der Waals surface area contributed by atoms with Crippen LogP contribution in [-0.4, -0.2) is 6.21 Å². The molecular formula is C9H6BrN2. The summed E-state index contributed by atoms with van der Waals surface area (Å²) in [6, 6.07) is 8.06. The van der Waals surface area contributed by atoms with E-state index in [1.807, 2.05) is 24.3 Å². The van der Waals surface area contributed by atoms with Gasteiger partial charge in [0.25, 0.3) is 0 Å². The van der Waals surface area contributed by atoms with Crippen LogP contribution >= 0.6 is 15.9 Å². The second-order valence-electron chi connectivity index (χ2n) is 2.45. The number of hydrogen-bond acceptors (Lipinski definition) is 1. The van der Waals surface area contributed by atoms with Crippen LogP contribution in [0.4, 0.5) is 0 Å². The Hall–Kier alpha value is -1.09. The topological polar surface area (TPSA) is 26.5 Å². The summed E-state index contributed by atoms with van der Waals surface area (Å²) in [5.74, 6) is 0. The Bertz CT molecular complexity index is 355. The van der Waals surface area contributed by atoms with E-state index in [1.54, 1.807) is 12.4 Å². The van der Waals surface area contributed by atoms with Crippen molar-refractivity contribution in [2.75, 3.05) is 0 Å². The zero-order chi connectivity index (χ0) is 8.39. The fraction of sp³-hybridized carbons (Fsp3) is 0. The van der Waals surface area contributed by atoms with E-state index in [0.717, 1.165) is 15.6 Å². The van der Waals surface area contributed by atoms with E-state index in [1.165, 1.54) is 0 Å². The SMILES string of the molecule is Brc1cccc(C2=C[N]N=C2)c1. The van der Waals surface area contributed by atoms with Crippen LogP contribution in [0.15, 0.2) is 40.0 Å². The molecule has 1 heterocycles. The second-order valence-corrected chi connectivity index (χ2v) is 3.37. The van der Waals surface area contributed by atoms with Gasteiger partial charge in [-0.3, -0.25) is 0 Å². The van der Waals surface area contributed by atoms with E-state index in [0.29, 0.717) is 0 Å². The molecule has 2 rings (SSSR count). The molecule has 1 aromatic carbocycles. The largest absolute Gasteiger partial charge is 0.158 e. The Morgan fingerprint density at radius 2 is 2.17 bits per heavy atom. The van der Waals surface area contributed by atoms with Gasteiger partial charge in [-0.25, -0.2) is 0 Å². The lowest BCUT2D eigenvalue weighted by Gasteiger charge is -1.97. The zero-order valence-corrected chi connectivity index (χ0v) is 7.82. The van der Waals surface area contributed by atoms with Gasteiger partial charge in [-0.2, -0.15) is 10.5 Å². The van der Waals surface area contributed by atoms with Crippen LogP contribution in [0.3, 0.4) is 0 Å². The fourth-order valence-electron chi connectivity index (χ4n) is 1.04. The molecule has 59 valence electrons. The first-order valence-corrected chi connectivity index (χ1v) is 4.35. The third-order valence-corrected chi connectivity index (χ3v) is 2.11. The van der Waals surface area contributed by atoms with E-state index >= 15 is 0 Å². The van der Waals surface area contributed by atoms with Gasteiger partial charge < -0.3 is 0 Å². The molecule has 0 bridgehead atoms. The summed E-state index contributed by atoms with van der Waals surface area (Å²) in [5.41, 5.74) is 5.95. The molecular weight excluding hydrogens is 216 g/mol. The minimum atomic E-state index is 1.05. The van der Waals surface area contributed by atoms with Gasteiger partial charge in [0, 0.05) is 10.0 Å². The molecule has 12 heavy (non-hydrogen) atoms. The Kier molecular flexibility index (Phi) is 1.96. The summed E-state index contributed by atoms with van der Waals surface area (Å²) in [6.07, 6.45) is 3.50. The molecule has 0 aliphatic carbocycles. The lowest BCUT2D eigenvalue weighted by atomic mass is 10.1. The maximum absolute atomic E-state index is 3.76. The molecule has 0 spiro atoms.